The molecular formula is C41H59N9. The van der Waals surface area contributed by atoms with Crippen LogP contribution in [0, 0.1) is 10.8 Å². The number of hydrogen-bond donors (Lipinski definition) is 0. The molecule has 2 aromatic carbocycles. The first kappa shape index (κ1) is 37.1. The van der Waals surface area contributed by atoms with Crippen LogP contribution in [0.4, 0.5) is 0 Å². The van der Waals surface area contributed by atoms with E-state index in [1.807, 2.05) is 36.7 Å². The summed E-state index contributed by atoms with van der Waals surface area (Å²) >= 11 is 0. The maximum atomic E-state index is 4.53. The van der Waals surface area contributed by atoms with Crippen LogP contribution in [-0.2, 0) is 39.4 Å². The Bertz CT molecular complexity index is 1870. The smallest absolute Gasteiger partial charge is 0.121 e. The third-order valence-electron chi connectivity index (χ3n) is 10.3. The molecule has 5 aromatic rings. The summed E-state index contributed by atoms with van der Waals surface area (Å²) in [7, 11) is 5.88. The Labute approximate surface area is 299 Å². The van der Waals surface area contributed by atoms with Gasteiger partial charge in [0.05, 0.1) is 22.8 Å². The molecule has 7 rings (SSSR count). The number of benzene rings is 2. The van der Waals surface area contributed by atoms with Crippen LogP contribution in [0.2, 0.25) is 0 Å². The Balaban J connectivity index is 0.000000161. The van der Waals surface area contributed by atoms with E-state index in [0.29, 0.717) is 17.3 Å². The Morgan fingerprint density at radius 2 is 1.28 bits per heavy atom. The standard InChI is InChI=1S/C21H23N3.C13H23N3.C7H13N3/c1-21(2,3)18-13-14-9-5-6-10-15(14)20-19(22-23-24(20)4)17-12-8-7-11-16(17)18;1-13(2,3)10-8-6-5-7-9-11-12(10)14-15-16(11)4;1-7(2,3)6-5-10(4)9-8-6/h5-12,18H,13H2,1-4H3;10H,5-9H2,1-4H3;5H,1-4H3. The van der Waals surface area contributed by atoms with Gasteiger partial charge in [-0.05, 0) is 53.6 Å². The van der Waals surface area contributed by atoms with Gasteiger partial charge in [-0.2, -0.15) is 0 Å². The van der Waals surface area contributed by atoms with E-state index in [1.165, 1.54) is 59.3 Å². The topological polar surface area (TPSA) is 92.1 Å². The molecule has 0 fully saturated rings. The second-order valence-electron chi connectivity index (χ2n) is 17.4. The summed E-state index contributed by atoms with van der Waals surface area (Å²) in [5.41, 5.74) is 11.6. The highest BCUT2D eigenvalue weighted by molar-refractivity contribution is 5.82. The van der Waals surface area contributed by atoms with E-state index in [2.05, 4.69) is 142 Å². The summed E-state index contributed by atoms with van der Waals surface area (Å²) in [4.78, 5) is 0. The van der Waals surface area contributed by atoms with Crippen LogP contribution >= 0.6 is 0 Å². The molecule has 0 saturated carbocycles. The third-order valence-corrected chi connectivity index (χ3v) is 10.3. The zero-order valence-corrected chi connectivity index (χ0v) is 32.6. The Hall–Kier alpha value is -4.14. The molecule has 0 amide bonds. The summed E-state index contributed by atoms with van der Waals surface area (Å²) in [5, 5.41) is 25.3. The van der Waals surface area contributed by atoms with E-state index in [0.717, 1.165) is 29.9 Å². The minimum absolute atomic E-state index is 0.119. The lowest BCUT2D eigenvalue weighted by Gasteiger charge is -2.34. The fraction of sp³-hybridized carbons (Fsp3) is 0.561. The van der Waals surface area contributed by atoms with Crippen LogP contribution in [-0.4, -0.2) is 45.0 Å². The van der Waals surface area contributed by atoms with Crippen LogP contribution in [0.5, 0.6) is 0 Å². The van der Waals surface area contributed by atoms with Crippen LogP contribution in [0.25, 0.3) is 22.5 Å². The van der Waals surface area contributed by atoms with Gasteiger partial charge in [-0.1, -0.05) is 139 Å². The van der Waals surface area contributed by atoms with Crippen molar-refractivity contribution in [2.75, 3.05) is 0 Å². The van der Waals surface area contributed by atoms with Gasteiger partial charge in [0.15, 0.2) is 0 Å². The van der Waals surface area contributed by atoms with E-state index in [1.54, 1.807) is 4.68 Å². The van der Waals surface area contributed by atoms with Gasteiger partial charge in [-0.15, -0.1) is 15.3 Å². The number of aromatic nitrogens is 9. The second-order valence-corrected chi connectivity index (χ2v) is 17.4. The van der Waals surface area contributed by atoms with Crippen molar-refractivity contribution in [3.63, 3.8) is 0 Å². The van der Waals surface area contributed by atoms with Crippen molar-refractivity contribution >= 4 is 0 Å². The SMILES string of the molecule is Cn1cc(C(C)(C)C)nn1.Cn1nnc2c1-c1ccccc1CC(C(C)(C)C)c1ccccc1-2.Cn1nnc2c1CCCCCC2C(C)(C)C. The van der Waals surface area contributed by atoms with Crippen LogP contribution in [0.15, 0.2) is 54.7 Å². The summed E-state index contributed by atoms with van der Waals surface area (Å²) < 4.78 is 5.60. The zero-order valence-electron chi connectivity index (χ0n) is 32.6. The van der Waals surface area contributed by atoms with Crippen molar-refractivity contribution in [2.45, 2.75) is 118 Å². The fourth-order valence-corrected chi connectivity index (χ4v) is 7.33. The van der Waals surface area contributed by atoms with Crippen LogP contribution in [0.3, 0.4) is 0 Å². The van der Waals surface area contributed by atoms with E-state index in [4.69, 9.17) is 0 Å². The van der Waals surface area contributed by atoms with Crippen molar-refractivity contribution in [2.24, 2.45) is 32.0 Å². The monoisotopic (exact) mass is 677 g/mol. The van der Waals surface area contributed by atoms with Crippen LogP contribution in [0.1, 0.15) is 128 Å². The number of aryl methyl sites for hydroxylation is 3. The summed E-state index contributed by atoms with van der Waals surface area (Å²) in [6.45, 7) is 20.3. The molecule has 0 N–H and O–H groups in total. The lowest BCUT2D eigenvalue weighted by molar-refractivity contribution is 0.287. The Morgan fingerprint density at radius 3 is 1.90 bits per heavy atom. The molecule has 3 heterocycles. The highest BCUT2D eigenvalue weighted by Gasteiger charge is 2.34. The maximum Gasteiger partial charge on any atom is 0.121 e. The average molecular weight is 678 g/mol. The largest absolute Gasteiger partial charge is 0.255 e. The summed E-state index contributed by atoms with van der Waals surface area (Å²) in [6, 6.07) is 17.4. The fourth-order valence-electron chi connectivity index (χ4n) is 7.33. The number of rotatable bonds is 0. The molecule has 9 nitrogen and oxygen atoms in total. The van der Waals surface area contributed by atoms with Gasteiger partial charge < -0.3 is 0 Å². The zero-order chi connectivity index (χ0) is 36.4. The molecule has 0 radical (unpaired) electrons. The molecule has 9 heteroatoms. The third kappa shape index (κ3) is 8.24. The summed E-state index contributed by atoms with van der Waals surface area (Å²) in [5.74, 6) is 1.00. The minimum atomic E-state index is 0.119. The van der Waals surface area contributed by atoms with E-state index >= 15 is 0 Å². The van der Waals surface area contributed by atoms with Gasteiger partial charge in [0.25, 0.3) is 0 Å². The van der Waals surface area contributed by atoms with Gasteiger partial charge in [0.1, 0.15) is 5.69 Å². The molecule has 2 aliphatic rings. The molecule has 3 aromatic heterocycles. The predicted octanol–water partition coefficient (Wildman–Crippen LogP) is 9.01. The highest BCUT2D eigenvalue weighted by atomic mass is 15.4. The molecule has 268 valence electrons. The van der Waals surface area contributed by atoms with Crippen molar-refractivity contribution in [3.8, 4) is 22.5 Å². The van der Waals surface area contributed by atoms with E-state index < -0.39 is 0 Å². The minimum Gasteiger partial charge on any atom is -0.255 e. The second kappa shape index (κ2) is 14.6. The van der Waals surface area contributed by atoms with Crippen LogP contribution < -0.4 is 0 Å². The van der Waals surface area contributed by atoms with E-state index in [-0.39, 0.29) is 10.8 Å². The van der Waals surface area contributed by atoms with Gasteiger partial charge in [0.2, 0.25) is 0 Å². The number of fused-ring (bicyclic) bond motifs is 6. The van der Waals surface area contributed by atoms with Gasteiger partial charge >= 0.3 is 0 Å². The molecule has 0 spiro atoms. The Kier molecular flexibility index (Phi) is 10.8. The maximum absolute atomic E-state index is 4.53. The van der Waals surface area contributed by atoms with Crippen molar-refractivity contribution < 1.29 is 0 Å². The molecular weight excluding hydrogens is 619 g/mol. The first-order valence-electron chi connectivity index (χ1n) is 18.3. The molecule has 0 aliphatic heterocycles. The lowest BCUT2D eigenvalue weighted by atomic mass is 9.70. The molecule has 0 saturated heterocycles. The van der Waals surface area contributed by atoms with E-state index in [9.17, 15) is 0 Å². The summed E-state index contributed by atoms with van der Waals surface area (Å²) in [6.07, 6.45) is 9.34. The van der Waals surface area contributed by atoms with Gasteiger partial charge in [-0.3, -0.25) is 9.36 Å². The molecule has 2 unspecified atom stereocenters. The first-order chi connectivity index (χ1) is 23.5. The van der Waals surface area contributed by atoms with Crippen molar-refractivity contribution in [1.82, 2.24) is 45.0 Å². The van der Waals surface area contributed by atoms with Gasteiger partial charge in [0, 0.05) is 49.8 Å². The number of hydrogen-bond acceptors (Lipinski definition) is 6. The number of nitrogens with zero attached hydrogens (tertiary/aromatic N) is 9. The lowest BCUT2D eigenvalue weighted by Crippen LogP contribution is -2.22. The van der Waals surface area contributed by atoms with Crippen molar-refractivity contribution in [1.29, 1.82) is 0 Å². The highest BCUT2D eigenvalue weighted by Crippen LogP contribution is 2.47. The molecule has 50 heavy (non-hydrogen) atoms. The normalized spacial score (nSPS) is 17.5. The van der Waals surface area contributed by atoms with Gasteiger partial charge in [-0.25, -0.2) is 4.68 Å². The average Bonchev–Trinajstić information content (AvgIpc) is 3.72. The molecule has 2 aliphatic carbocycles. The Morgan fingerprint density at radius 1 is 0.640 bits per heavy atom. The van der Waals surface area contributed by atoms with Crippen molar-refractivity contribution in [3.05, 3.63) is 82.9 Å². The first-order valence-corrected chi connectivity index (χ1v) is 18.3. The molecule has 0 bridgehead atoms. The predicted molar refractivity (Wildman–Crippen MR) is 203 cm³/mol. The molecule has 2 atom stereocenters. The quantitative estimate of drug-likeness (QED) is 0.162.